The van der Waals surface area contributed by atoms with Crippen LogP contribution in [0.25, 0.3) is 0 Å². The van der Waals surface area contributed by atoms with Gasteiger partial charge >= 0.3 is 0 Å². The average molecular weight is 261 g/mol. The highest BCUT2D eigenvalue weighted by Gasteiger charge is 2.28. The number of rotatable bonds is 7. The first-order chi connectivity index (χ1) is 8.04. The Morgan fingerprint density at radius 1 is 1.47 bits per heavy atom. The van der Waals surface area contributed by atoms with Crippen molar-refractivity contribution >= 4 is 9.84 Å². The minimum Gasteiger partial charge on any atom is -0.376 e. The van der Waals surface area contributed by atoms with Crippen LogP contribution in [0.2, 0.25) is 0 Å². The van der Waals surface area contributed by atoms with Gasteiger partial charge in [0.2, 0.25) is 0 Å². The molecule has 1 N–H and O–H groups in total. The molecule has 0 spiro atoms. The summed E-state index contributed by atoms with van der Waals surface area (Å²) < 4.78 is 28.2. The zero-order valence-electron chi connectivity index (χ0n) is 10.5. The van der Waals surface area contributed by atoms with Gasteiger partial charge in [-0.2, -0.15) is 0 Å². The van der Waals surface area contributed by atoms with Crippen molar-refractivity contribution in [3.63, 3.8) is 0 Å². The lowest BCUT2D eigenvalue weighted by molar-refractivity contribution is 0.159. The van der Waals surface area contributed by atoms with E-state index < -0.39 is 9.84 Å². The highest BCUT2D eigenvalue weighted by molar-refractivity contribution is 7.91. The van der Waals surface area contributed by atoms with E-state index in [2.05, 4.69) is 11.9 Å². The Bertz CT molecular complexity index is 327. The minimum atomic E-state index is -2.88. The summed E-state index contributed by atoms with van der Waals surface area (Å²) in [4.78, 5) is 0. The van der Waals surface area contributed by atoms with Gasteiger partial charge in [-0.05, 0) is 19.3 Å². The van der Waals surface area contributed by atoms with Crippen LogP contribution in [0.15, 0.2) is 12.7 Å². The summed E-state index contributed by atoms with van der Waals surface area (Å²) in [5, 5.41) is 3.19. The Balaban J connectivity index is 2.23. The van der Waals surface area contributed by atoms with E-state index in [1.807, 2.05) is 0 Å². The highest BCUT2D eigenvalue weighted by Crippen LogP contribution is 2.23. The van der Waals surface area contributed by atoms with Crippen LogP contribution < -0.4 is 5.32 Å². The fourth-order valence-corrected chi connectivity index (χ4v) is 3.40. The van der Waals surface area contributed by atoms with Crippen LogP contribution in [0, 0.1) is 0 Å². The maximum atomic E-state index is 11.5. The Labute approximate surface area is 104 Å². The fourth-order valence-electron chi connectivity index (χ4n) is 2.22. The van der Waals surface area contributed by atoms with Gasteiger partial charge in [0.1, 0.15) is 9.84 Å². The van der Waals surface area contributed by atoms with Gasteiger partial charge in [0, 0.05) is 18.8 Å². The first-order valence-corrected chi connectivity index (χ1v) is 8.10. The second kappa shape index (κ2) is 7.13. The van der Waals surface area contributed by atoms with Gasteiger partial charge in [-0.25, -0.2) is 8.42 Å². The lowest BCUT2D eigenvalue weighted by atomic mass is 9.95. The van der Waals surface area contributed by atoms with E-state index in [1.54, 1.807) is 6.08 Å². The van der Waals surface area contributed by atoms with Crippen LogP contribution in [0.4, 0.5) is 0 Å². The Kier molecular flexibility index (Phi) is 6.16. The monoisotopic (exact) mass is 261 g/mol. The van der Waals surface area contributed by atoms with Gasteiger partial charge in [0.25, 0.3) is 0 Å². The summed E-state index contributed by atoms with van der Waals surface area (Å²) in [5.41, 5.74) is 0. The third-order valence-electron chi connectivity index (χ3n) is 3.15. The molecule has 0 radical (unpaired) electrons. The van der Waals surface area contributed by atoms with Crippen LogP contribution in [0.5, 0.6) is 0 Å². The van der Waals surface area contributed by atoms with Gasteiger partial charge in [-0.3, -0.25) is 0 Å². The second-order valence-electron chi connectivity index (χ2n) is 4.63. The van der Waals surface area contributed by atoms with Crippen molar-refractivity contribution in [1.29, 1.82) is 0 Å². The fraction of sp³-hybridized carbons (Fsp3) is 0.833. The van der Waals surface area contributed by atoms with Crippen molar-refractivity contribution in [3.05, 3.63) is 12.7 Å². The number of ether oxygens (including phenoxy) is 1. The number of sulfone groups is 1. The minimum absolute atomic E-state index is 0.164. The molecule has 1 rings (SSSR count). The van der Waals surface area contributed by atoms with Crippen molar-refractivity contribution in [3.8, 4) is 0 Å². The molecule has 0 amide bonds. The molecule has 1 aliphatic carbocycles. The summed E-state index contributed by atoms with van der Waals surface area (Å²) in [5.74, 6) is 0. The molecule has 1 aliphatic rings. The molecule has 0 aromatic carbocycles. The normalized spacial score (nSPS) is 25.7. The molecule has 0 bridgehead atoms. The lowest BCUT2D eigenvalue weighted by Gasteiger charge is -2.28. The Morgan fingerprint density at radius 3 is 2.88 bits per heavy atom. The highest BCUT2D eigenvalue weighted by atomic mass is 32.2. The zero-order valence-corrected chi connectivity index (χ0v) is 11.3. The first-order valence-electron chi connectivity index (χ1n) is 6.15. The maximum absolute atomic E-state index is 11.5. The molecule has 1 saturated carbocycles. The van der Waals surface area contributed by atoms with E-state index in [9.17, 15) is 8.42 Å². The van der Waals surface area contributed by atoms with Crippen LogP contribution >= 0.6 is 0 Å². The van der Waals surface area contributed by atoms with Gasteiger partial charge in [0.15, 0.2) is 0 Å². The molecule has 1 fully saturated rings. The van der Waals surface area contributed by atoms with Crippen LogP contribution in [0.1, 0.15) is 25.7 Å². The smallest absolute Gasteiger partial charge is 0.150 e. The molecular weight excluding hydrogens is 238 g/mol. The molecule has 0 aromatic rings. The molecule has 17 heavy (non-hydrogen) atoms. The van der Waals surface area contributed by atoms with Gasteiger partial charge < -0.3 is 10.1 Å². The largest absolute Gasteiger partial charge is 0.376 e. The maximum Gasteiger partial charge on any atom is 0.150 e. The van der Waals surface area contributed by atoms with Crippen LogP contribution in [0.3, 0.4) is 0 Å². The van der Waals surface area contributed by atoms with Crippen molar-refractivity contribution < 1.29 is 13.2 Å². The zero-order chi connectivity index (χ0) is 12.7. The van der Waals surface area contributed by atoms with Crippen molar-refractivity contribution in [2.45, 2.75) is 37.0 Å². The molecule has 0 aliphatic heterocycles. The third kappa shape index (κ3) is 5.66. The molecule has 0 saturated heterocycles. The van der Waals surface area contributed by atoms with Crippen molar-refractivity contribution in [1.82, 2.24) is 5.32 Å². The third-order valence-corrected chi connectivity index (χ3v) is 4.79. The molecule has 2 unspecified atom stereocenters. The van der Waals surface area contributed by atoms with Crippen molar-refractivity contribution in [2.75, 3.05) is 26.0 Å². The molecule has 5 heteroatoms. The quantitative estimate of drug-likeness (QED) is 0.551. The number of hydrogen-bond acceptors (Lipinski definition) is 4. The van der Waals surface area contributed by atoms with E-state index in [0.29, 0.717) is 19.3 Å². The van der Waals surface area contributed by atoms with E-state index in [1.165, 1.54) is 6.26 Å². The first kappa shape index (κ1) is 14.7. The van der Waals surface area contributed by atoms with Gasteiger partial charge in [0.05, 0.1) is 18.5 Å². The second-order valence-corrected chi connectivity index (χ2v) is 6.96. The standard InChI is InChI=1S/C12H23NO3S/c1-3-8-16-9-7-13-11-5-4-6-12(10-11)17(2,14)15/h3,11-13H,1,4-10H2,2H3. The Hall–Kier alpha value is -0.390. The van der Waals surface area contributed by atoms with E-state index in [-0.39, 0.29) is 5.25 Å². The van der Waals surface area contributed by atoms with Gasteiger partial charge in [-0.1, -0.05) is 12.5 Å². The number of nitrogens with one attached hydrogen (secondary N) is 1. The van der Waals surface area contributed by atoms with Gasteiger partial charge in [-0.15, -0.1) is 6.58 Å². The predicted molar refractivity (Wildman–Crippen MR) is 69.9 cm³/mol. The average Bonchev–Trinajstić information content (AvgIpc) is 2.28. The molecule has 100 valence electrons. The molecule has 0 aromatic heterocycles. The number of hydrogen-bond donors (Lipinski definition) is 1. The topological polar surface area (TPSA) is 55.4 Å². The van der Waals surface area contributed by atoms with Crippen LogP contribution in [-0.4, -0.2) is 45.7 Å². The summed E-state index contributed by atoms with van der Waals surface area (Å²) in [6.45, 7) is 5.56. The molecular formula is C12H23NO3S. The van der Waals surface area contributed by atoms with E-state index in [0.717, 1.165) is 32.2 Å². The molecule has 0 heterocycles. The molecule has 2 atom stereocenters. The summed E-state index contributed by atoms with van der Waals surface area (Å²) in [6, 6.07) is 0.316. The van der Waals surface area contributed by atoms with Crippen molar-refractivity contribution in [2.24, 2.45) is 0 Å². The van der Waals surface area contributed by atoms with E-state index >= 15 is 0 Å². The predicted octanol–water partition coefficient (Wildman–Crippen LogP) is 1.13. The molecule has 4 nitrogen and oxygen atoms in total. The summed E-state index contributed by atoms with van der Waals surface area (Å²) >= 11 is 0. The Morgan fingerprint density at radius 2 is 2.24 bits per heavy atom. The lowest BCUT2D eigenvalue weighted by Crippen LogP contribution is -2.40. The summed E-state index contributed by atoms with van der Waals surface area (Å²) in [7, 11) is -2.88. The van der Waals surface area contributed by atoms with Crippen LogP contribution in [-0.2, 0) is 14.6 Å². The summed E-state index contributed by atoms with van der Waals surface area (Å²) in [6.07, 6.45) is 6.66. The SMILES string of the molecule is C=CCOCCNC1CCCC(S(C)(=O)=O)C1. The van der Waals surface area contributed by atoms with E-state index in [4.69, 9.17) is 4.74 Å².